The molecule has 2 aliphatic heterocycles. The molecule has 2 aliphatic rings. The summed E-state index contributed by atoms with van der Waals surface area (Å²) >= 11 is 1.57. The quantitative estimate of drug-likeness (QED) is 0.781. The topological polar surface area (TPSA) is 65.5 Å². The zero-order valence-electron chi connectivity index (χ0n) is 15.8. The number of carbonyl (C=O) groups excluding carboxylic acids is 1. The first-order chi connectivity index (χ1) is 13.2. The van der Waals surface area contributed by atoms with Crippen molar-refractivity contribution >= 4 is 23.2 Å². The van der Waals surface area contributed by atoms with Crippen molar-refractivity contribution in [2.45, 2.75) is 26.2 Å². The van der Waals surface area contributed by atoms with Gasteiger partial charge in [-0.1, -0.05) is 0 Å². The zero-order valence-corrected chi connectivity index (χ0v) is 16.6. The minimum Gasteiger partial charge on any atom is -0.337 e. The second-order valence-electron chi connectivity index (χ2n) is 7.15. The molecule has 0 saturated carbocycles. The summed E-state index contributed by atoms with van der Waals surface area (Å²) in [6.07, 6.45) is 7.06. The number of piperazine rings is 1. The number of nitrogens with zero attached hydrogens (tertiary/aromatic N) is 6. The highest BCUT2D eigenvalue weighted by molar-refractivity contribution is 7.13. The third-order valence-corrected chi connectivity index (χ3v) is 6.48. The highest BCUT2D eigenvalue weighted by Gasteiger charge is 2.26. The predicted molar refractivity (Wildman–Crippen MR) is 106 cm³/mol. The van der Waals surface area contributed by atoms with Crippen LogP contribution in [-0.2, 0) is 6.42 Å². The molecule has 8 heteroatoms. The van der Waals surface area contributed by atoms with Gasteiger partial charge in [-0.2, -0.15) is 0 Å². The summed E-state index contributed by atoms with van der Waals surface area (Å²) in [5.74, 6) is 0.855. The molecule has 0 unspecified atom stereocenters. The van der Waals surface area contributed by atoms with Crippen LogP contribution in [0.15, 0.2) is 18.5 Å². The van der Waals surface area contributed by atoms with E-state index in [4.69, 9.17) is 0 Å². The van der Waals surface area contributed by atoms with E-state index in [1.807, 2.05) is 17.9 Å². The van der Waals surface area contributed by atoms with Crippen LogP contribution in [0, 0.1) is 6.92 Å². The van der Waals surface area contributed by atoms with Crippen LogP contribution in [0.2, 0.25) is 0 Å². The highest BCUT2D eigenvalue weighted by Crippen LogP contribution is 2.22. The van der Waals surface area contributed by atoms with E-state index in [9.17, 15) is 4.79 Å². The maximum Gasteiger partial charge on any atom is 0.265 e. The lowest BCUT2D eigenvalue weighted by molar-refractivity contribution is 0.0750. The van der Waals surface area contributed by atoms with E-state index >= 15 is 0 Å². The van der Waals surface area contributed by atoms with Gasteiger partial charge in [0.25, 0.3) is 5.91 Å². The van der Waals surface area contributed by atoms with Crippen molar-refractivity contribution in [3.05, 3.63) is 34.0 Å². The first-order valence-corrected chi connectivity index (χ1v) is 10.5. The Morgan fingerprint density at radius 1 is 1.07 bits per heavy atom. The van der Waals surface area contributed by atoms with Crippen LogP contribution in [-0.4, -0.2) is 76.5 Å². The van der Waals surface area contributed by atoms with Crippen LogP contribution >= 0.6 is 11.3 Å². The number of anilines is 1. The Labute approximate surface area is 164 Å². The van der Waals surface area contributed by atoms with Crippen molar-refractivity contribution in [1.29, 1.82) is 0 Å². The van der Waals surface area contributed by atoms with Gasteiger partial charge >= 0.3 is 0 Å². The first kappa shape index (κ1) is 18.3. The summed E-state index contributed by atoms with van der Waals surface area (Å²) in [6.45, 7) is 8.31. The molecule has 4 heterocycles. The Bertz CT molecular complexity index is 766. The summed E-state index contributed by atoms with van der Waals surface area (Å²) in [5.41, 5.74) is 0.871. The summed E-state index contributed by atoms with van der Waals surface area (Å²) in [7, 11) is 0. The van der Waals surface area contributed by atoms with Gasteiger partial charge in [-0.05, 0) is 38.9 Å². The summed E-state index contributed by atoms with van der Waals surface area (Å²) in [4.78, 5) is 33.6. The average molecular weight is 387 g/mol. The lowest BCUT2D eigenvalue weighted by atomic mass is 10.3. The molecule has 0 radical (unpaired) electrons. The first-order valence-electron chi connectivity index (χ1n) is 9.70. The van der Waals surface area contributed by atoms with E-state index in [1.54, 1.807) is 23.7 Å². The van der Waals surface area contributed by atoms with Crippen molar-refractivity contribution in [2.24, 2.45) is 0 Å². The molecule has 2 aromatic rings. The molecular weight excluding hydrogens is 360 g/mol. The summed E-state index contributed by atoms with van der Waals surface area (Å²) < 4.78 is 0. The molecule has 144 valence electrons. The number of thiazole rings is 1. The van der Waals surface area contributed by atoms with Gasteiger partial charge in [0.2, 0.25) is 5.95 Å². The Morgan fingerprint density at radius 2 is 1.78 bits per heavy atom. The van der Waals surface area contributed by atoms with E-state index in [-0.39, 0.29) is 5.91 Å². The number of aryl methyl sites for hydroxylation is 1. The minimum atomic E-state index is 0.117. The van der Waals surface area contributed by atoms with Gasteiger partial charge < -0.3 is 14.7 Å². The molecule has 2 aromatic heterocycles. The molecule has 0 aromatic carbocycles. The molecular formula is C19H26N6OS. The fourth-order valence-corrected chi connectivity index (χ4v) is 4.75. The van der Waals surface area contributed by atoms with Gasteiger partial charge in [0.05, 0.1) is 10.7 Å². The van der Waals surface area contributed by atoms with E-state index in [0.29, 0.717) is 13.1 Å². The van der Waals surface area contributed by atoms with Crippen LogP contribution in [0.25, 0.3) is 0 Å². The second kappa shape index (κ2) is 8.31. The van der Waals surface area contributed by atoms with Crippen LogP contribution < -0.4 is 4.90 Å². The maximum absolute atomic E-state index is 13.0. The standard InChI is InChI=1S/C19H26N6OS/c1-15-17(27-16(22-15)5-10-23-8-2-3-9-23)18(26)24-11-13-25(14-12-24)19-20-6-4-7-21-19/h4,6-7H,2-3,5,8-14H2,1H3. The molecule has 0 atom stereocenters. The number of hydrogen-bond donors (Lipinski definition) is 0. The fraction of sp³-hybridized carbons (Fsp3) is 0.579. The number of aromatic nitrogens is 3. The van der Waals surface area contributed by atoms with Gasteiger partial charge in [-0.15, -0.1) is 11.3 Å². The molecule has 2 fully saturated rings. The third kappa shape index (κ3) is 4.27. The Hall–Kier alpha value is -2.06. The molecule has 0 N–H and O–H groups in total. The Kier molecular flexibility index (Phi) is 5.63. The van der Waals surface area contributed by atoms with Gasteiger partial charge in [0.1, 0.15) is 4.88 Å². The number of amides is 1. The largest absolute Gasteiger partial charge is 0.337 e. The minimum absolute atomic E-state index is 0.117. The molecule has 0 spiro atoms. The maximum atomic E-state index is 13.0. The van der Waals surface area contributed by atoms with Crippen molar-refractivity contribution in [3.8, 4) is 0 Å². The van der Waals surface area contributed by atoms with E-state index in [0.717, 1.165) is 47.6 Å². The van der Waals surface area contributed by atoms with Crippen molar-refractivity contribution < 1.29 is 4.79 Å². The number of carbonyl (C=O) groups is 1. The smallest absolute Gasteiger partial charge is 0.265 e. The van der Waals surface area contributed by atoms with Crippen LogP contribution in [0.1, 0.15) is 33.2 Å². The van der Waals surface area contributed by atoms with Crippen molar-refractivity contribution in [3.63, 3.8) is 0 Å². The van der Waals surface area contributed by atoms with Crippen LogP contribution in [0.5, 0.6) is 0 Å². The van der Waals surface area contributed by atoms with Crippen LogP contribution in [0.3, 0.4) is 0 Å². The normalized spacial score (nSPS) is 18.3. The van der Waals surface area contributed by atoms with Gasteiger partial charge in [0, 0.05) is 51.5 Å². The molecule has 0 aliphatic carbocycles. The van der Waals surface area contributed by atoms with Gasteiger partial charge in [0.15, 0.2) is 0 Å². The molecule has 0 bridgehead atoms. The van der Waals surface area contributed by atoms with E-state index in [1.165, 1.54) is 25.9 Å². The second-order valence-corrected chi connectivity index (χ2v) is 8.23. The molecule has 7 nitrogen and oxygen atoms in total. The highest BCUT2D eigenvalue weighted by atomic mass is 32.1. The molecule has 1 amide bonds. The van der Waals surface area contributed by atoms with Gasteiger partial charge in [-0.25, -0.2) is 15.0 Å². The monoisotopic (exact) mass is 386 g/mol. The summed E-state index contributed by atoms with van der Waals surface area (Å²) in [6, 6.07) is 1.82. The molecule has 27 heavy (non-hydrogen) atoms. The number of hydrogen-bond acceptors (Lipinski definition) is 7. The predicted octanol–water partition coefficient (Wildman–Crippen LogP) is 1.84. The van der Waals surface area contributed by atoms with Crippen molar-refractivity contribution in [1.82, 2.24) is 24.8 Å². The van der Waals surface area contributed by atoms with E-state index < -0.39 is 0 Å². The zero-order chi connectivity index (χ0) is 18.6. The van der Waals surface area contributed by atoms with Crippen LogP contribution in [0.4, 0.5) is 5.95 Å². The Balaban J connectivity index is 1.34. The lowest BCUT2D eigenvalue weighted by Gasteiger charge is -2.34. The summed E-state index contributed by atoms with van der Waals surface area (Å²) in [5, 5.41) is 1.08. The lowest BCUT2D eigenvalue weighted by Crippen LogP contribution is -2.49. The number of likely N-dealkylation sites (tertiary alicyclic amines) is 1. The average Bonchev–Trinajstić information content (AvgIpc) is 3.36. The molecule has 2 saturated heterocycles. The molecule has 4 rings (SSSR count). The third-order valence-electron chi connectivity index (χ3n) is 5.28. The number of rotatable bonds is 5. The Morgan fingerprint density at radius 3 is 2.48 bits per heavy atom. The van der Waals surface area contributed by atoms with E-state index in [2.05, 4.69) is 24.8 Å². The van der Waals surface area contributed by atoms with Gasteiger partial charge in [-0.3, -0.25) is 4.79 Å². The fourth-order valence-electron chi connectivity index (χ4n) is 3.73. The SMILES string of the molecule is Cc1nc(CCN2CCCC2)sc1C(=O)N1CCN(c2ncccn2)CC1. The van der Waals surface area contributed by atoms with Crippen molar-refractivity contribution in [2.75, 3.05) is 50.7 Å².